The number of methoxy groups -OCH3 is 1. The predicted molar refractivity (Wildman–Crippen MR) is 109 cm³/mol. The average Bonchev–Trinajstić information content (AvgIpc) is 2.61. The van der Waals surface area contributed by atoms with Gasteiger partial charge in [-0.05, 0) is 42.0 Å². The molecule has 0 aliphatic carbocycles. The largest absolute Gasteiger partial charge is 0.497 e. The first-order chi connectivity index (χ1) is 12.1. The molecule has 0 fully saturated rings. The molecule has 1 amide bonds. The van der Waals surface area contributed by atoms with Crippen molar-refractivity contribution >= 4 is 52.6 Å². The summed E-state index contributed by atoms with van der Waals surface area (Å²) >= 11 is 15.2. The number of rotatable bonds is 9. The lowest BCUT2D eigenvalue weighted by Gasteiger charge is -2.07. The minimum atomic E-state index is 0.0333. The lowest BCUT2D eigenvalue weighted by molar-refractivity contribution is -0.118. The van der Waals surface area contributed by atoms with Gasteiger partial charge in [0, 0.05) is 33.0 Å². The van der Waals surface area contributed by atoms with Crippen molar-refractivity contribution in [3.8, 4) is 5.75 Å². The molecule has 0 heterocycles. The highest BCUT2D eigenvalue weighted by molar-refractivity contribution is 8.00. The molecule has 0 aliphatic heterocycles. The van der Waals surface area contributed by atoms with Gasteiger partial charge in [-0.15, -0.1) is 11.8 Å². The lowest BCUT2D eigenvalue weighted by atomic mass is 10.2. The number of amides is 1. The molecule has 0 atom stereocenters. The Morgan fingerprint density at radius 1 is 1.16 bits per heavy atom. The number of ether oxygens (including phenoxy) is 1. The summed E-state index contributed by atoms with van der Waals surface area (Å²) in [6.45, 7) is 0.637. The molecule has 7 heteroatoms. The van der Waals surface area contributed by atoms with E-state index in [1.54, 1.807) is 24.9 Å². The predicted octanol–water partition coefficient (Wildman–Crippen LogP) is 5.14. The van der Waals surface area contributed by atoms with Crippen LogP contribution in [0.25, 0.3) is 0 Å². The van der Waals surface area contributed by atoms with Crippen molar-refractivity contribution in [3.05, 3.63) is 58.1 Å². The van der Waals surface area contributed by atoms with E-state index in [-0.39, 0.29) is 5.91 Å². The summed E-state index contributed by atoms with van der Waals surface area (Å²) in [5, 5.41) is 4.25. The topological polar surface area (TPSA) is 38.3 Å². The maximum atomic E-state index is 11.9. The van der Waals surface area contributed by atoms with Gasteiger partial charge in [0.25, 0.3) is 0 Å². The van der Waals surface area contributed by atoms with E-state index in [4.69, 9.17) is 27.9 Å². The van der Waals surface area contributed by atoms with Gasteiger partial charge >= 0.3 is 0 Å². The highest BCUT2D eigenvalue weighted by atomic mass is 35.5. The highest BCUT2D eigenvalue weighted by Gasteiger charge is 2.04. The number of thioether (sulfide) groups is 2. The Morgan fingerprint density at radius 2 is 1.92 bits per heavy atom. The van der Waals surface area contributed by atoms with Gasteiger partial charge in [-0.2, -0.15) is 11.8 Å². The lowest BCUT2D eigenvalue weighted by Crippen LogP contribution is -2.27. The van der Waals surface area contributed by atoms with Crippen molar-refractivity contribution < 1.29 is 9.53 Å². The third-order valence-corrected chi connectivity index (χ3v) is 5.88. The van der Waals surface area contributed by atoms with Gasteiger partial charge in [0.05, 0.1) is 12.9 Å². The van der Waals surface area contributed by atoms with E-state index < -0.39 is 0 Å². The molecule has 1 N–H and O–H groups in total. The number of hydrogen-bond donors (Lipinski definition) is 1. The average molecular weight is 416 g/mol. The first kappa shape index (κ1) is 20.3. The van der Waals surface area contributed by atoms with E-state index in [0.717, 1.165) is 27.7 Å². The molecule has 0 unspecified atom stereocenters. The molecule has 2 aromatic carbocycles. The second-order valence-electron chi connectivity index (χ2n) is 5.10. The molecule has 0 aromatic heterocycles. The van der Waals surface area contributed by atoms with Crippen molar-refractivity contribution in [1.82, 2.24) is 5.32 Å². The zero-order valence-corrected chi connectivity index (χ0v) is 16.9. The van der Waals surface area contributed by atoms with Crippen LogP contribution in [0.1, 0.15) is 5.56 Å². The van der Waals surface area contributed by atoms with Crippen LogP contribution in [0.15, 0.2) is 47.4 Å². The molecule has 2 aromatic rings. The third-order valence-electron chi connectivity index (χ3n) is 3.27. The highest BCUT2D eigenvalue weighted by Crippen LogP contribution is 2.24. The first-order valence-corrected chi connectivity index (χ1v) is 10.5. The van der Waals surface area contributed by atoms with E-state index in [0.29, 0.717) is 22.3 Å². The molecule has 0 radical (unpaired) electrons. The summed E-state index contributed by atoms with van der Waals surface area (Å²) in [6, 6.07) is 13.2. The molecular formula is C18H19Cl2NO2S2. The minimum absolute atomic E-state index is 0.0333. The molecule has 2 rings (SSSR count). The third kappa shape index (κ3) is 7.40. The van der Waals surface area contributed by atoms with E-state index >= 15 is 0 Å². The Hall–Kier alpha value is -1.01. The maximum Gasteiger partial charge on any atom is 0.230 e. The van der Waals surface area contributed by atoms with Crippen LogP contribution in [-0.4, -0.2) is 31.1 Å². The SMILES string of the molecule is COc1ccc(SCC(=O)NCCSCc2ccc(Cl)cc2Cl)cc1. The number of halogens is 2. The Morgan fingerprint density at radius 3 is 2.60 bits per heavy atom. The monoisotopic (exact) mass is 415 g/mol. The fraction of sp³-hybridized carbons (Fsp3) is 0.278. The van der Waals surface area contributed by atoms with Crippen LogP contribution >= 0.6 is 46.7 Å². The van der Waals surface area contributed by atoms with E-state index in [2.05, 4.69) is 5.32 Å². The van der Waals surface area contributed by atoms with Gasteiger partial charge in [0.2, 0.25) is 5.91 Å². The van der Waals surface area contributed by atoms with Crippen LogP contribution in [0.4, 0.5) is 0 Å². The smallest absolute Gasteiger partial charge is 0.230 e. The van der Waals surface area contributed by atoms with Gasteiger partial charge in [-0.1, -0.05) is 29.3 Å². The van der Waals surface area contributed by atoms with Gasteiger partial charge in [-0.25, -0.2) is 0 Å². The summed E-state index contributed by atoms with van der Waals surface area (Å²) in [6.07, 6.45) is 0. The van der Waals surface area contributed by atoms with Crippen molar-refractivity contribution in [2.75, 3.05) is 25.2 Å². The van der Waals surface area contributed by atoms with E-state index in [1.807, 2.05) is 36.4 Å². The van der Waals surface area contributed by atoms with Crippen LogP contribution in [0.5, 0.6) is 5.75 Å². The molecule has 0 bridgehead atoms. The number of hydrogen-bond acceptors (Lipinski definition) is 4. The van der Waals surface area contributed by atoms with Crippen LogP contribution in [0.3, 0.4) is 0 Å². The fourth-order valence-corrected chi connectivity index (χ4v) is 4.10. The van der Waals surface area contributed by atoms with Crippen molar-refractivity contribution in [2.45, 2.75) is 10.6 Å². The maximum absolute atomic E-state index is 11.9. The quantitative estimate of drug-likeness (QED) is 0.454. The molecule has 0 spiro atoms. The van der Waals surface area contributed by atoms with Gasteiger partial charge in [0.15, 0.2) is 0 Å². The van der Waals surface area contributed by atoms with Crippen LogP contribution in [-0.2, 0) is 10.5 Å². The summed E-state index contributed by atoms with van der Waals surface area (Å²) in [4.78, 5) is 12.9. The van der Waals surface area contributed by atoms with Crippen molar-refractivity contribution in [1.29, 1.82) is 0 Å². The normalized spacial score (nSPS) is 10.5. The fourth-order valence-electron chi connectivity index (χ4n) is 1.96. The number of benzene rings is 2. The van der Waals surface area contributed by atoms with E-state index in [1.165, 1.54) is 11.8 Å². The summed E-state index contributed by atoms with van der Waals surface area (Å²) in [5.74, 6) is 2.88. The molecular weight excluding hydrogens is 397 g/mol. The molecule has 3 nitrogen and oxygen atoms in total. The molecule has 0 saturated heterocycles. The Balaban J connectivity index is 1.60. The second kappa shape index (κ2) is 10.9. The molecule has 0 aliphatic rings. The van der Waals surface area contributed by atoms with Gasteiger partial charge in [0.1, 0.15) is 5.75 Å². The van der Waals surface area contributed by atoms with Crippen LogP contribution in [0, 0.1) is 0 Å². The Kier molecular flexibility index (Phi) is 8.82. The number of carbonyl (C=O) groups excluding carboxylic acids is 1. The number of carbonyl (C=O) groups is 1. The van der Waals surface area contributed by atoms with Crippen LogP contribution in [0.2, 0.25) is 10.0 Å². The zero-order chi connectivity index (χ0) is 18.1. The minimum Gasteiger partial charge on any atom is -0.497 e. The van der Waals surface area contributed by atoms with Crippen molar-refractivity contribution in [2.24, 2.45) is 0 Å². The first-order valence-electron chi connectivity index (χ1n) is 7.63. The van der Waals surface area contributed by atoms with Crippen LogP contribution < -0.4 is 10.1 Å². The number of nitrogens with one attached hydrogen (secondary N) is 1. The molecule has 0 saturated carbocycles. The standard InChI is InChI=1S/C18H19Cl2NO2S2/c1-23-15-4-6-16(7-5-15)25-12-18(22)21-8-9-24-11-13-2-3-14(19)10-17(13)20/h2-7,10H,8-9,11-12H2,1H3,(H,21,22). The summed E-state index contributed by atoms with van der Waals surface area (Å²) < 4.78 is 5.11. The second-order valence-corrected chi connectivity index (χ2v) is 8.10. The Bertz CT molecular complexity index is 696. The zero-order valence-electron chi connectivity index (χ0n) is 13.8. The summed E-state index contributed by atoms with van der Waals surface area (Å²) in [7, 11) is 1.63. The van der Waals surface area contributed by atoms with Crippen molar-refractivity contribution in [3.63, 3.8) is 0 Å². The summed E-state index contributed by atoms with van der Waals surface area (Å²) in [5.41, 5.74) is 1.05. The van der Waals surface area contributed by atoms with Gasteiger partial charge in [-0.3, -0.25) is 4.79 Å². The molecule has 25 heavy (non-hydrogen) atoms. The van der Waals surface area contributed by atoms with Gasteiger partial charge < -0.3 is 10.1 Å². The Labute approximate surface area is 166 Å². The molecule has 134 valence electrons. The van der Waals surface area contributed by atoms with E-state index in [9.17, 15) is 4.79 Å².